The minimum absolute atomic E-state index is 0.0202. The highest BCUT2D eigenvalue weighted by Crippen LogP contribution is 2.35. The third-order valence-electron chi connectivity index (χ3n) is 4.83. The molecule has 0 spiro atoms. The first-order valence-electron chi connectivity index (χ1n) is 7.86. The molecule has 1 N–H and O–H groups in total. The maximum absolute atomic E-state index is 13.6. The molecule has 128 valence electrons. The van der Waals surface area contributed by atoms with Gasteiger partial charge in [-0.25, -0.2) is 8.78 Å². The van der Waals surface area contributed by atoms with Crippen LogP contribution < -0.4 is 0 Å². The fourth-order valence-corrected chi connectivity index (χ4v) is 3.59. The standard InChI is InChI=1S/C15H21F2N3O3/c1-10-13(8-23-18-10)14(22)19-4-2-11(3-5-19)20-9-15(16,17)6-12(20)7-21/h8,11-12,21H,2-7,9H2,1H3/t12-/m0/s1. The molecule has 23 heavy (non-hydrogen) atoms. The zero-order valence-electron chi connectivity index (χ0n) is 13.0. The fourth-order valence-electron chi connectivity index (χ4n) is 3.59. The summed E-state index contributed by atoms with van der Waals surface area (Å²) in [5, 5.41) is 13.0. The maximum Gasteiger partial charge on any atom is 0.262 e. The van der Waals surface area contributed by atoms with Crippen LogP contribution in [0.2, 0.25) is 0 Å². The first kappa shape index (κ1) is 16.3. The van der Waals surface area contributed by atoms with Crippen molar-refractivity contribution in [3.8, 4) is 0 Å². The molecule has 8 heteroatoms. The number of aliphatic hydroxyl groups is 1. The largest absolute Gasteiger partial charge is 0.395 e. The number of alkyl halides is 2. The van der Waals surface area contributed by atoms with Crippen LogP contribution in [-0.4, -0.2) is 70.2 Å². The number of halogens is 2. The predicted octanol–water partition coefficient (Wildman–Crippen LogP) is 1.29. The predicted molar refractivity (Wildman–Crippen MR) is 77.3 cm³/mol. The highest BCUT2D eigenvalue weighted by atomic mass is 19.3. The number of amides is 1. The molecule has 2 saturated heterocycles. The van der Waals surface area contributed by atoms with Crippen LogP contribution >= 0.6 is 0 Å². The van der Waals surface area contributed by atoms with Crippen LogP contribution in [0.15, 0.2) is 10.8 Å². The van der Waals surface area contributed by atoms with E-state index in [9.17, 15) is 18.7 Å². The van der Waals surface area contributed by atoms with Gasteiger partial charge >= 0.3 is 0 Å². The molecule has 2 aliphatic rings. The number of piperidine rings is 1. The van der Waals surface area contributed by atoms with Crippen molar-refractivity contribution in [2.24, 2.45) is 0 Å². The second-order valence-corrected chi connectivity index (χ2v) is 6.41. The van der Waals surface area contributed by atoms with E-state index >= 15 is 0 Å². The molecule has 0 radical (unpaired) electrons. The minimum Gasteiger partial charge on any atom is -0.395 e. The van der Waals surface area contributed by atoms with Crippen molar-refractivity contribution >= 4 is 5.91 Å². The number of hydrogen-bond donors (Lipinski definition) is 1. The van der Waals surface area contributed by atoms with Gasteiger partial charge in [0, 0.05) is 31.6 Å². The summed E-state index contributed by atoms with van der Waals surface area (Å²) in [4.78, 5) is 15.8. The van der Waals surface area contributed by atoms with Crippen molar-refractivity contribution in [3.63, 3.8) is 0 Å². The Balaban J connectivity index is 1.60. The molecule has 3 heterocycles. The first-order valence-corrected chi connectivity index (χ1v) is 7.86. The summed E-state index contributed by atoms with van der Waals surface area (Å²) in [6.45, 7) is 2.17. The molecule has 0 unspecified atom stereocenters. The monoisotopic (exact) mass is 329 g/mol. The van der Waals surface area contributed by atoms with E-state index in [4.69, 9.17) is 4.52 Å². The van der Waals surface area contributed by atoms with Crippen LogP contribution in [0.1, 0.15) is 35.3 Å². The molecule has 0 saturated carbocycles. The summed E-state index contributed by atoms with van der Waals surface area (Å²) >= 11 is 0. The lowest BCUT2D eigenvalue weighted by atomic mass is 10.0. The van der Waals surface area contributed by atoms with E-state index in [1.165, 1.54) is 6.26 Å². The Kier molecular flexibility index (Phi) is 4.37. The number of carbonyl (C=O) groups excluding carboxylic acids is 1. The van der Waals surface area contributed by atoms with Gasteiger partial charge in [-0.15, -0.1) is 0 Å². The normalized spacial score (nSPS) is 25.9. The van der Waals surface area contributed by atoms with Gasteiger partial charge in [0.15, 0.2) is 0 Å². The van der Waals surface area contributed by atoms with Crippen molar-refractivity contribution in [2.75, 3.05) is 26.2 Å². The van der Waals surface area contributed by atoms with Gasteiger partial charge in [0.2, 0.25) is 0 Å². The molecular weight excluding hydrogens is 308 g/mol. The van der Waals surface area contributed by atoms with Crippen LogP contribution in [0.25, 0.3) is 0 Å². The Morgan fingerprint density at radius 3 is 2.74 bits per heavy atom. The van der Waals surface area contributed by atoms with Gasteiger partial charge < -0.3 is 14.5 Å². The van der Waals surface area contributed by atoms with Crippen LogP contribution in [0.5, 0.6) is 0 Å². The average molecular weight is 329 g/mol. The van der Waals surface area contributed by atoms with Crippen LogP contribution in [-0.2, 0) is 0 Å². The third kappa shape index (κ3) is 3.23. The molecule has 0 aliphatic carbocycles. The summed E-state index contributed by atoms with van der Waals surface area (Å²) in [6.07, 6.45) is 2.31. The molecule has 1 aromatic heterocycles. The molecule has 2 fully saturated rings. The lowest BCUT2D eigenvalue weighted by molar-refractivity contribution is 0.00296. The summed E-state index contributed by atoms with van der Waals surface area (Å²) in [7, 11) is 0. The molecule has 1 aromatic rings. The molecule has 0 aromatic carbocycles. The fraction of sp³-hybridized carbons (Fsp3) is 0.733. The number of aryl methyl sites for hydroxylation is 1. The lowest BCUT2D eigenvalue weighted by Crippen LogP contribution is -2.49. The smallest absolute Gasteiger partial charge is 0.262 e. The maximum atomic E-state index is 13.6. The quantitative estimate of drug-likeness (QED) is 0.905. The van der Waals surface area contributed by atoms with Crippen molar-refractivity contribution in [1.82, 2.24) is 15.0 Å². The number of carbonyl (C=O) groups is 1. The van der Waals surface area contributed by atoms with E-state index in [-0.39, 0.29) is 31.5 Å². The van der Waals surface area contributed by atoms with Crippen LogP contribution in [0.4, 0.5) is 8.78 Å². The Labute approximate surface area is 133 Å². The molecule has 2 aliphatic heterocycles. The van der Waals surface area contributed by atoms with Gasteiger partial charge in [0.1, 0.15) is 11.8 Å². The van der Waals surface area contributed by atoms with Crippen molar-refractivity contribution in [1.29, 1.82) is 0 Å². The number of rotatable bonds is 3. The topological polar surface area (TPSA) is 69.8 Å². The van der Waals surface area contributed by atoms with Crippen LogP contribution in [0, 0.1) is 6.92 Å². The molecule has 1 amide bonds. The molecular formula is C15H21F2N3O3. The summed E-state index contributed by atoms with van der Waals surface area (Å²) < 4.78 is 32.0. The molecule has 0 bridgehead atoms. The SMILES string of the molecule is Cc1nocc1C(=O)N1CCC(N2CC(F)(F)C[C@H]2CO)CC1. The molecule has 1 atom stereocenters. The number of aromatic nitrogens is 1. The van der Waals surface area contributed by atoms with E-state index in [1.54, 1.807) is 16.7 Å². The Hall–Kier alpha value is -1.54. The highest BCUT2D eigenvalue weighted by molar-refractivity contribution is 5.94. The van der Waals surface area contributed by atoms with E-state index in [0.29, 0.717) is 37.2 Å². The van der Waals surface area contributed by atoms with Crippen LogP contribution in [0.3, 0.4) is 0 Å². The van der Waals surface area contributed by atoms with E-state index in [2.05, 4.69) is 5.16 Å². The van der Waals surface area contributed by atoms with Crippen molar-refractivity contribution in [3.05, 3.63) is 17.5 Å². The number of nitrogens with zero attached hydrogens (tertiary/aromatic N) is 3. The van der Waals surface area contributed by atoms with E-state index in [0.717, 1.165) is 0 Å². The molecule has 3 rings (SSSR count). The Morgan fingerprint density at radius 2 is 2.17 bits per heavy atom. The lowest BCUT2D eigenvalue weighted by Gasteiger charge is -2.38. The Bertz CT molecular complexity index is 570. The second kappa shape index (κ2) is 6.16. The van der Waals surface area contributed by atoms with Gasteiger partial charge in [-0.1, -0.05) is 5.16 Å². The third-order valence-corrected chi connectivity index (χ3v) is 4.83. The van der Waals surface area contributed by atoms with E-state index < -0.39 is 12.0 Å². The second-order valence-electron chi connectivity index (χ2n) is 6.41. The van der Waals surface area contributed by atoms with Gasteiger partial charge in [-0.05, 0) is 19.8 Å². The zero-order chi connectivity index (χ0) is 16.6. The minimum atomic E-state index is -2.74. The van der Waals surface area contributed by atoms with Gasteiger partial charge in [0.25, 0.3) is 11.8 Å². The van der Waals surface area contributed by atoms with Gasteiger partial charge in [-0.3, -0.25) is 9.69 Å². The zero-order valence-corrected chi connectivity index (χ0v) is 13.0. The number of aliphatic hydroxyl groups excluding tert-OH is 1. The van der Waals surface area contributed by atoms with Crippen molar-refractivity contribution in [2.45, 2.75) is 44.2 Å². The average Bonchev–Trinajstić information content (AvgIpc) is 3.09. The van der Waals surface area contributed by atoms with Gasteiger partial charge in [-0.2, -0.15) is 0 Å². The Morgan fingerprint density at radius 1 is 1.48 bits per heavy atom. The first-order chi connectivity index (χ1) is 10.9. The highest BCUT2D eigenvalue weighted by Gasteiger charge is 2.47. The van der Waals surface area contributed by atoms with Crippen molar-refractivity contribution < 1.29 is 23.2 Å². The summed E-state index contributed by atoms with van der Waals surface area (Å²) in [6, 6.07) is -0.509. The van der Waals surface area contributed by atoms with E-state index in [1.807, 2.05) is 0 Å². The molecule has 6 nitrogen and oxygen atoms in total. The summed E-state index contributed by atoms with van der Waals surface area (Å²) in [5.74, 6) is -2.87. The van der Waals surface area contributed by atoms with Gasteiger partial charge in [0.05, 0.1) is 18.8 Å². The summed E-state index contributed by atoms with van der Waals surface area (Å²) in [5.41, 5.74) is 1.00. The number of hydrogen-bond acceptors (Lipinski definition) is 5. The number of likely N-dealkylation sites (tertiary alicyclic amines) is 2.